The first-order chi connectivity index (χ1) is 16.3. The molecule has 4 aromatic rings. The van der Waals surface area contributed by atoms with Crippen molar-refractivity contribution >= 4 is 7.51 Å². The summed E-state index contributed by atoms with van der Waals surface area (Å²) in [6.07, 6.45) is 0. The Kier molecular flexibility index (Phi) is 8.62. The molecular formula is C28H31N4P. The molecule has 0 atom stereocenters. The SMILES string of the molecule is c1ccc(CN=P(NCc2ccccc2)(NCc2ccccc2)NCc2ccccc2)cc1. The third-order valence-corrected chi connectivity index (χ3v) is 7.79. The van der Waals surface area contributed by atoms with Crippen molar-refractivity contribution in [1.29, 1.82) is 0 Å². The summed E-state index contributed by atoms with van der Waals surface area (Å²) in [5.74, 6) is 0. The Labute approximate surface area is 197 Å². The van der Waals surface area contributed by atoms with E-state index in [1.54, 1.807) is 0 Å². The molecule has 4 nitrogen and oxygen atoms in total. The minimum atomic E-state index is -2.28. The van der Waals surface area contributed by atoms with E-state index in [9.17, 15) is 0 Å². The van der Waals surface area contributed by atoms with E-state index in [0.29, 0.717) is 6.54 Å². The highest BCUT2D eigenvalue weighted by molar-refractivity contribution is 7.60. The van der Waals surface area contributed by atoms with Gasteiger partial charge in [-0.25, -0.2) is 0 Å². The second kappa shape index (κ2) is 12.3. The molecule has 4 aromatic carbocycles. The molecule has 33 heavy (non-hydrogen) atoms. The fraction of sp³-hybridized carbons (Fsp3) is 0.143. The van der Waals surface area contributed by atoms with Crippen molar-refractivity contribution in [3.05, 3.63) is 144 Å². The van der Waals surface area contributed by atoms with Crippen LogP contribution in [0.15, 0.2) is 126 Å². The molecule has 3 N–H and O–H groups in total. The predicted molar refractivity (Wildman–Crippen MR) is 139 cm³/mol. The van der Waals surface area contributed by atoms with E-state index >= 15 is 0 Å². The van der Waals surface area contributed by atoms with E-state index in [1.165, 1.54) is 22.3 Å². The Morgan fingerprint density at radius 2 is 0.727 bits per heavy atom. The second-order valence-electron chi connectivity index (χ2n) is 7.88. The van der Waals surface area contributed by atoms with Gasteiger partial charge in [0.05, 0.1) is 6.54 Å². The van der Waals surface area contributed by atoms with E-state index in [1.807, 2.05) is 24.3 Å². The van der Waals surface area contributed by atoms with Crippen LogP contribution in [0.5, 0.6) is 0 Å². The van der Waals surface area contributed by atoms with Crippen LogP contribution in [0.3, 0.4) is 0 Å². The summed E-state index contributed by atoms with van der Waals surface area (Å²) in [5, 5.41) is 11.3. The van der Waals surface area contributed by atoms with Crippen LogP contribution >= 0.6 is 7.51 Å². The van der Waals surface area contributed by atoms with Crippen LogP contribution in [0.2, 0.25) is 0 Å². The number of hydrogen-bond donors (Lipinski definition) is 3. The molecule has 0 bridgehead atoms. The lowest BCUT2D eigenvalue weighted by Gasteiger charge is -2.29. The van der Waals surface area contributed by atoms with Crippen molar-refractivity contribution in [2.45, 2.75) is 26.2 Å². The number of rotatable bonds is 11. The standard InChI is InChI=1S/C28H31N4P/c1-5-13-25(14-6-1)21-29-33(30-22-26-15-7-2-8-16-26,31-23-27-17-9-3-10-18-27)32-24-28-19-11-4-12-20-28/h1-20,29-31H,21-24H2. The quantitative estimate of drug-likeness (QED) is 0.227. The van der Waals surface area contributed by atoms with Gasteiger partial charge < -0.3 is 0 Å². The van der Waals surface area contributed by atoms with Crippen molar-refractivity contribution < 1.29 is 0 Å². The molecule has 0 heterocycles. The Morgan fingerprint density at radius 1 is 0.424 bits per heavy atom. The lowest BCUT2D eigenvalue weighted by Crippen LogP contribution is -2.32. The Bertz CT molecular complexity index is 1020. The minimum Gasteiger partial charge on any atom is -0.256 e. The summed E-state index contributed by atoms with van der Waals surface area (Å²) < 4.78 is 5.25. The Hall–Kier alpha value is -3.01. The normalized spacial score (nSPS) is 11.3. The average Bonchev–Trinajstić information content (AvgIpc) is 2.90. The third kappa shape index (κ3) is 7.52. The number of benzene rings is 4. The zero-order valence-corrected chi connectivity index (χ0v) is 19.7. The maximum atomic E-state index is 5.25. The summed E-state index contributed by atoms with van der Waals surface area (Å²) in [6, 6.07) is 41.9. The molecule has 0 unspecified atom stereocenters. The lowest BCUT2D eigenvalue weighted by atomic mass is 10.2. The highest BCUT2D eigenvalue weighted by Crippen LogP contribution is 2.38. The Morgan fingerprint density at radius 3 is 1.06 bits per heavy atom. The van der Waals surface area contributed by atoms with E-state index < -0.39 is 7.51 Å². The van der Waals surface area contributed by atoms with E-state index in [0.717, 1.165) is 19.6 Å². The van der Waals surface area contributed by atoms with Crippen molar-refractivity contribution in [2.75, 3.05) is 0 Å². The van der Waals surface area contributed by atoms with Gasteiger partial charge >= 0.3 is 0 Å². The zero-order chi connectivity index (χ0) is 22.6. The molecule has 0 saturated carbocycles. The van der Waals surface area contributed by atoms with Gasteiger partial charge in [-0.2, -0.15) is 0 Å². The third-order valence-electron chi connectivity index (χ3n) is 5.37. The largest absolute Gasteiger partial charge is 0.256 e. The minimum absolute atomic E-state index is 0.639. The number of hydrogen-bond acceptors (Lipinski definition) is 1. The van der Waals surface area contributed by atoms with Crippen LogP contribution in [0.1, 0.15) is 22.3 Å². The smallest absolute Gasteiger partial charge is 0.161 e. The van der Waals surface area contributed by atoms with Crippen LogP contribution in [0.4, 0.5) is 0 Å². The van der Waals surface area contributed by atoms with Gasteiger partial charge in [-0.1, -0.05) is 121 Å². The highest BCUT2D eigenvalue weighted by atomic mass is 31.2. The van der Waals surface area contributed by atoms with Crippen LogP contribution < -0.4 is 15.3 Å². The molecule has 5 heteroatoms. The molecule has 0 spiro atoms. The van der Waals surface area contributed by atoms with Crippen LogP contribution in [-0.2, 0) is 26.2 Å². The van der Waals surface area contributed by atoms with Crippen molar-refractivity contribution in [3.8, 4) is 0 Å². The fourth-order valence-electron chi connectivity index (χ4n) is 3.49. The summed E-state index contributed by atoms with van der Waals surface area (Å²) >= 11 is 0. The monoisotopic (exact) mass is 454 g/mol. The van der Waals surface area contributed by atoms with Crippen molar-refractivity contribution in [3.63, 3.8) is 0 Å². The van der Waals surface area contributed by atoms with Gasteiger partial charge in [0.25, 0.3) is 0 Å². The van der Waals surface area contributed by atoms with Crippen molar-refractivity contribution in [2.24, 2.45) is 4.74 Å². The summed E-state index contributed by atoms with van der Waals surface area (Å²) in [5.41, 5.74) is 4.91. The van der Waals surface area contributed by atoms with Crippen molar-refractivity contribution in [1.82, 2.24) is 15.3 Å². The molecule has 0 amide bonds. The zero-order valence-electron chi connectivity index (χ0n) is 18.8. The molecule has 0 saturated heterocycles. The summed E-state index contributed by atoms with van der Waals surface area (Å²) in [6.45, 7) is 2.84. The molecular weight excluding hydrogens is 423 g/mol. The first kappa shape index (κ1) is 23.2. The van der Waals surface area contributed by atoms with Gasteiger partial charge in [-0.05, 0) is 22.3 Å². The summed E-state index contributed by atoms with van der Waals surface area (Å²) in [4.78, 5) is 0. The van der Waals surface area contributed by atoms with Gasteiger partial charge in [0.15, 0.2) is 7.51 Å². The number of nitrogens with one attached hydrogen (secondary N) is 3. The molecule has 0 aromatic heterocycles. The van der Waals surface area contributed by atoms with Crippen LogP contribution in [0, 0.1) is 0 Å². The molecule has 0 radical (unpaired) electrons. The molecule has 0 aliphatic carbocycles. The number of nitrogens with zero attached hydrogens (tertiary/aromatic N) is 1. The summed E-state index contributed by atoms with van der Waals surface area (Å²) in [7, 11) is -2.28. The highest BCUT2D eigenvalue weighted by Gasteiger charge is 2.18. The first-order valence-electron chi connectivity index (χ1n) is 11.3. The predicted octanol–water partition coefficient (Wildman–Crippen LogP) is 6.50. The second-order valence-corrected chi connectivity index (χ2v) is 10.4. The van der Waals surface area contributed by atoms with Crippen LogP contribution in [-0.4, -0.2) is 0 Å². The fourth-order valence-corrected chi connectivity index (χ4v) is 5.74. The van der Waals surface area contributed by atoms with Gasteiger partial charge in [0.2, 0.25) is 0 Å². The molecule has 0 aliphatic rings. The molecule has 168 valence electrons. The van der Waals surface area contributed by atoms with Gasteiger partial charge in [0.1, 0.15) is 0 Å². The van der Waals surface area contributed by atoms with Crippen LogP contribution in [0.25, 0.3) is 0 Å². The molecule has 4 rings (SSSR count). The first-order valence-corrected chi connectivity index (χ1v) is 13.0. The van der Waals surface area contributed by atoms with E-state index in [4.69, 9.17) is 4.74 Å². The molecule has 0 fully saturated rings. The maximum Gasteiger partial charge on any atom is 0.161 e. The lowest BCUT2D eigenvalue weighted by molar-refractivity contribution is 0.803. The van der Waals surface area contributed by atoms with E-state index in [2.05, 4.69) is 112 Å². The van der Waals surface area contributed by atoms with Gasteiger partial charge in [0, 0.05) is 19.6 Å². The van der Waals surface area contributed by atoms with E-state index in [-0.39, 0.29) is 0 Å². The topological polar surface area (TPSA) is 48.5 Å². The maximum absolute atomic E-state index is 5.25. The molecule has 0 aliphatic heterocycles. The van der Waals surface area contributed by atoms with Gasteiger partial charge in [-0.15, -0.1) is 0 Å². The van der Waals surface area contributed by atoms with Gasteiger partial charge in [-0.3, -0.25) is 20.0 Å². The Balaban J connectivity index is 1.62. The average molecular weight is 455 g/mol.